The van der Waals surface area contributed by atoms with Crippen LogP contribution in [0.4, 0.5) is 0 Å². The lowest BCUT2D eigenvalue weighted by Crippen LogP contribution is -2.08. The molecule has 21 heavy (non-hydrogen) atoms. The minimum absolute atomic E-state index is 0.112. The maximum atomic E-state index is 6.23. The fraction of sp³-hybridized carbons (Fsp3) is 0.294. The normalized spacial score (nSPS) is 12.0. The predicted octanol–water partition coefficient (Wildman–Crippen LogP) is 4.26. The smallest absolute Gasteiger partial charge is 0.128 e. The molecular weight excluding hydrogens is 286 g/mol. The van der Waals surface area contributed by atoms with Crippen LogP contribution in [-0.2, 0) is 6.61 Å². The van der Waals surface area contributed by atoms with E-state index in [0.29, 0.717) is 11.6 Å². The van der Waals surface area contributed by atoms with E-state index in [2.05, 4.69) is 0 Å². The SMILES string of the molecule is COc1ccc([C@@H](C)N)c(OCc2ccc(C)cc2Cl)c1. The van der Waals surface area contributed by atoms with Crippen LogP contribution in [0, 0.1) is 6.92 Å². The minimum Gasteiger partial charge on any atom is -0.497 e. The van der Waals surface area contributed by atoms with E-state index in [4.69, 9.17) is 26.8 Å². The van der Waals surface area contributed by atoms with Crippen molar-refractivity contribution in [2.24, 2.45) is 5.73 Å². The Morgan fingerprint density at radius 2 is 1.95 bits per heavy atom. The lowest BCUT2D eigenvalue weighted by atomic mass is 10.1. The van der Waals surface area contributed by atoms with Crippen molar-refractivity contribution >= 4 is 11.6 Å². The quantitative estimate of drug-likeness (QED) is 0.898. The van der Waals surface area contributed by atoms with Gasteiger partial charge in [-0.15, -0.1) is 0 Å². The number of nitrogens with two attached hydrogens (primary N) is 1. The van der Waals surface area contributed by atoms with Crippen LogP contribution in [0.2, 0.25) is 5.02 Å². The number of benzene rings is 2. The first-order chi connectivity index (χ1) is 10.0. The Hall–Kier alpha value is -1.71. The maximum Gasteiger partial charge on any atom is 0.128 e. The topological polar surface area (TPSA) is 44.5 Å². The molecule has 1 atom stereocenters. The molecule has 0 spiro atoms. The van der Waals surface area contributed by atoms with Gasteiger partial charge < -0.3 is 15.2 Å². The van der Waals surface area contributed by atoms with Gasteiger partial charge in [-0.05, 0) is 31.5 Å². The van der Waals surface area contributed by atoms with Crippen LogP contribution >= 0.6 is 11.6 Å². The summed E-state index contributed by atoms with van der Waals surface area (Å²) in [5.41, 5.74) is 8.99. The van der Waals surface area contributed by atoms with Gasteiger partial charge in [-0.3, -0.25) is 0 Å². The fourth-order valence-electron chi connectivity index (χ4n) is 2.07. The molecule has 0 aliphatic heterocycles. The zero-order chi connectivity index (χ0) is 15.4. The fourth-order valence-corrected chi connectivity index (χ4v) is 2.36. The molecule has 0 saturated heterocycles. The summed E-state index contributed by atoms with van der Waals surface area (Å²) in [6.45, 7) is 4.33. The van der Waals surface area contributed by atoms with E-state index >= 15 is 0 Å². The van der Waals surface area contributed by atoms with Gasteiger partial charge >= 0.3 is 0 Å². The highest BCUT2D eigenvalue weighted by molar-refractivity contribution is 6.31. The molecule has 0 saturated carbocycles. The van der Waals surface area contributed by atoms with Gasteiger partial charge in [-0.2, -0.15) is 0 Å². The first-order valence-corrected chi connectivity index (χ1v) is 7.20. The largest absolute Gasteiger partial charge is 0.497 e. The molecule has 2 rings (SSSR count). The average molecular weight is 306 g/mol. The Morgan fingerprint density at radius 1 is 1.19 bits per heavy atom. The van der Waals surface area contributed by atoms with Gasteiger partial charge in [0.2, 0.25) is 0 Å². The summed E-state index contributed by atoms with van der Waals surface area (Å²) < 4.78 is 11.1. The zero-order valence-corrected chi connectivity index (χ0v) is 13.3. The molecule has 0 heterocycles. The number of hydrogen-bond acceptors (Lipinski definition) is 3. The number of halogens is 1. The first-order valence-electron chi connectivity index (χ1n) is 6.82. The standard InChI is InChI=1S/C17H20ClNO2/c1-11-4-5-13(16(18)8-11)10-21-17-9-14(20-3)6-7-15(17)12(2)19/h4-9,12H,10,19H2,1-3H3/t12-/m1/s1. The number of hydrogen-bond donors (Lipinski definition) is 1. The molecule has 0 amide bonds. The number of aryl methyl sites for hydroxylation is 1. The molecule has 0 radical (unpaired) electrons. The van der Waals surface area contributed by atoms with E-state index in [0.717, 1.165) is 28.2 Å². The van der Waals surface area contributed by atoms with Crippen molar-refractivity contribution in [3.05, 3.63) is 58.1 Å². The molecule has 2 aromatic carbocycles. The number of methoxy groups -OCH3 is 1. The Balaban J connectivity index is 2.22. The third kappa shape index (κ3) is 3.90. The predicted molar refractivity (Wildman–Crippen MR) is 86.1 cm³/mol. The molecule has 0 unspecified atom stereocenters. The Bertz CT molecular complexity index is 626. The molecule has 4 heteroatoms. The molecule has 0 aliphatic rings. The molecule has 0 bridgehead atoms. The summed E-state index contributed by atoms with van der Waals surface area (Å²) in [5.74, 6) is 1.46. The molecule has 2 N–H and O–H groups in total. The van der Waals surface area contributed by atoms with Crippen molar-refractivity contribution in [1.29, 1.82) is 0 Å². The van der Waals surface area contributed by atoms with Crippen molar-refractivity contribution in [1.82, 2.24) is 0 Å². The van der Waals surface area contributed by atoms with Crippen molar-refractivity contribution in [3.63, 3.8) is 0 Å². The van der Waals surface area contributed by atoms with Gasteiger partial charge in [-0.1, -0.05) is 29.8 Å². The molecular formula is C17H20ClNO2. The van der Waals surface area contributed by atoms with Gasteiger partial charge in [0.15, 0.2) is 0 Å². The van der Waals surface area contributed by atoms with Gasteiger partial charge in [0.05, 0.1) is 7.11 Å². The molecule has 112 valence electrons. The molecule has 0 aliphatic carbocycles. The van der Waals surface area contributed by atoms with Crippen LogP contribution < -0.4 is 15.2 Å². The van der Waals surface area contributed by atoms with Crippen molar-refractivity contribution in [2.45, 2.75) is 26.5 Å². The summed E-state index contributed by atoms with van der Waals surface area (Å²) in [5, 5.41) is 0.709. The van der Waals surface area contributed by atoms with E-state index in [-0.39, 0.29) is 6.04 Å². The highest BCUT2D eigenvalue weighted by Gasteiger charge is 2.11. The van der Waals surface area contributed by atoms with Gasteiger partial charge in [0, 0.05) is 28.3 Å². The third-order valence-electron chi connectivity index (χ3n) is 3.30. The second-order valence-corrected chi connectivity index (χ2v) is 5.48. The van der Waals surface area contributed by atoms with E-state index in [1.807, 2.05) is 50.2 Å². The van der Waals surface area contributed by atoms with Crippen LogP contribution in [-0.4, -0.2) is 7.11 Å². The zero-order valence-electron chi connectivity index (χ0n) is 12.5. The van der Waals surface area contributed by atoms with Gasteiger partial charge in [0.25, 0.3) is 0 Å². The highest BCUT2D eigenvalue weighted by atomic mass is 35.5. The summed E-state index contributed by atoms with van der Waals surface area (Å²) >= 11 is 6.23. The number of rotatable bonds is 5. The number of ether oxygens (including phenoxy) is 2. The average Bonchev–Trinajstić information content (AvgIpc) is 2.45. The maximum absolute atomic E-state index is 6.23. The van der Waals surface area contributed by atoms with Gasteiger partial charge in [-0.25, -0.2) is 0 Å². The van der Waals surface area contributed by atoms with Crippen molar-refractivity contribution in [2.75, 3.05) is 7.11 Å². The molecule has 2 aromatic rings. The summed E-state index contributed by atoms with van der Waals surface area (Å²) in [6, 6.07) is 11.5. The minimum atomic E-state index is -0.112. The molecule has 3 nitrogen and oxygen atoms in total. The lowest BCUT2D eigenvalue weighted by Gasteiger charge is -2.16. The third-order valence-corrected chi connectivity index (χ3v) is 3.65. The van der Waals surface area contributed by atoms with Crippen LogP contribution in [0.25, 0.3) is 0 Å². The van der Waals surface area contributed by atoms with E-state index in [1.54, 1.807) is 7.11 Å². The molecule has 0 aromatic heterocycles. The first kappa shape index (κ1) is 15.7. The lowest BCUT2D eigenvalue weighted by molar-refractivity contribution is 0.299. The Morgan fingerprint density at radius 3 is 2.57 bits per heavy atom. The van der Waals surface area contributed by atoms with Crippen LogP contribution in [0.15, 0.2) is 36.4 Å². The second kappa shape index (κ2) is 6.83. The van der Waals surface area contributed by atoms with Crippen molar-refractivity contribution < 1.29 is 9.47 Å². The monoisotopic (exact) mass is 305 g/mol. The van der Waals surface area contributed by atoms with Crippen LogP contribution in [0.3, 0.4) is 0 Å². The Kier molecular flexibility index (Phi) is 5.10. The summed E-state index contributed by atoms with van der Waals surface area (Å²) in [7, 11) is 1.63. The van der Waals surface area contributed by atoms with E-state index in [1.165, 1.54) is 0 Å². The highest BCUT2D eigenvalue weighted by Crippen LogP contribution is 2.30. The van der Waals surface area contributed by atoms with Crippen LogP contribution in [0.1, 0.15) is 29.7 Å². The summed E-state index contributed by atoms with van der Waals surface area (Å²) in [6.07, 6.45) is 0. The second-order valence-electron chi connectivity index (χ2n) is 5.08. The van der Waals surface area contributed by atoms with Crippen molar-refractivity contribution in [3.8, 4) is 11.5 Å². The van der Waals surface area contributed by atoms with Crippen LogP contribution in [0.5, 0.6) is 11.5 Å². The molecule has 0 fully saturated rings. The summed E-state index contributed by atoms with van der Waals surface area (Å²) in [4.78, 5) is 0. The Labute approximate surface area is 130 Å². The van der Waals surface area contributed by atoms with E-state index < -0.39 is 0 Å². The van der Waals surface area contributed by atoms with E-state index in [9.17, 15) is 0 Å². The van der Waals surface area contributed by atoms with Gasteiger partial charge in [0.1, 0.15) is 18.1 Å².